The summed E-state index contributed by atoms with van der Waals surface area (Å²) in [6.07, 6.45) is 5.90. The fourth-order valence-electron chi connectivity index (χ4n) is 5.32. The number of aromatic nitrogens is 2. The molecule has 2 fully saturated rings. The fraction of sp³-hybridized carbons (Fsp3) is 0.481. The maximum absolute atomic E-state index is 15.0. The molecule has 1 saturated carbocycles. The number of aryl methyl sites for hydroxylation is 1. The molecule has 0 unspecified atom stereocenters. The quantitative estimate of drug-likeness (QED) is 0.367. The van der Waals surface area contributed by atoms with Gasteiger partial charge in [0.05, 0.1) is 24.3 Å². The van der Waals surface area contributed by atoms with E-state index in [0.29, 0.717) is 0 Å². The number of nitrogens with two attached hydrogens (primary N) is 2. The highest BCUT2D eigenvalue weighted by molar-refractivity contribution is 6.01. The Kier molecular flexibility index (Phi) is 7.59. The molecule has 3 heterocycles. The Morgan fingerprint density at radius 1 is 1.16 bits per heavy atom. The van der Waals surface area contributed by atoms with Gasteiger partial charge in [0.15, 0.2) is 11.6 Å². The van der Waals surface area contributed by atoms with E-state index in [4.69, 9.17) is 16.2 Å². The van der Waals surface area contributed by atoms with Crippen molar-refractivity contribution >= 4 is 34.1 Å². The molecule has 2 aliphatic rings. The van der Waals surface area contributed by atoms with Gasteiger partial charge in [-0.25, -0.2) is 9.37 Å². The van der Waals surface area contributed by atoms with E-state index in [1.807, 2.05) is 19.1 Å². The molecule has 1 saturated heterocycles. The molecule has 2 atom stereocenters. The average Bonchev–Trinajstić information content (AvgIpc) is 3.29. The summed E-state index contributed by atoms with van der Waals surface area (Å²) in [5, 5.41) is 7.44. The third-order valence-corrected chi connectivity index (χ3v) is 7.43. The van der Waals surface area contributed by atoms with Crippen LogP contribution >= 0.6 is 0 Å². The van der Waals surface area contributed by atoms with E-state index < -0.39 is 11.7 Å². The van der Waals surface area contributed by atoms with Crippen molar-refractivity contribution in [2.24, 2.45) is 11.5 Å². The number of hydrogen-bond acceptors (Lipinski definition) is 7. The van der Waals surface area contributed by atoms with E-state index in [1.54, 1.807) is 0 Å². The van der Waals surface area contributed by atoms with E-state index in [-0.39, 0.29) is 29.3 Å². The van der Waals surface area contributed by atoms with E-state index >= 15 is 0 Å². The maximum atomic E-state index is 15.0. The Morgan fingerprint density at radius 2 is 1.95 bits per heavy atom. The number of nitrogens with zero attached hydrogens (tertiary/aromatic N) is 3. The lowest BCUT2D eigenvalue weighted by molar-refractivity contribution is 0.0365. The third-order valence-electron chi connectivity index (χ3n) is 7.43. The largest absolute Gasteiger partial charge is 0.379 e. The number of amides is 1. The third kappa shape index (κ3) is 5.71. The average molecular weight is 510 g/mol. The molecule has 2 aromatic heterocycles. The van der Waals surface area contributed by atoms with Gasteiger partial charge in [-0.1, -0.05) is 12.8 Å². The molecule has 0 bridgehead atoms. The monoisotopic (exact) mass is 509 g/mol. The summed E-state index contributed by atoms with van der Waals surface area (Å²) in [7, 11) is 0. The number of carbonyl (C=O) groups is 1. The minimum atomic E-state index is -0.748. The first-order valence-corrected chi connectivity index (χ1v) is 13.1. The Balaban J connectivity index is 1.43. The number of pyridine rings is 1. The molecular formula is C27H36FN7O2. The second kappa shape index (κ2) is 11.0. The van der Waals surface area contributed by atoms with E-state index in [0.717, 1.165) is 93.3 Å². The Hall–Kier alpha value is -3.21. The van der Waals surface area contributed by atoms with Crippen LogP contribution < -0.4 is 22.1 Å². The number of nitrogens with one attached hydrogen (secondary N) is 2. The highest BCUT2D eigenvalue weighted by atomic mass is 19.1. The number of halogens is 1. The number of morpholine rings is 1. The molecule has 1 aliphatic heterocycles. The first-order chi connectivity index (χ1) is 17.9. The lowest BCUT2D eigenvalue weighted by Crippen LogP contribution is -2.43. The van der Waals surface area contributed by atoms with Gasteiger partial charge in [0.25, 0.3) is 5.91 Å². The highest BCUT2D eigenvalue weighted by Crippen LogP contribution is 2.32. The van der Waals surface area contributed by atoms with Crippen LogP contribution in [0.5, 0.6) is 0 Å². The zero-order valence-electron chi connectivity index (χ0n) is 21.3. The molecule has 5 rings (SSSR count). The minimum absolute atomic E-state index is 0.00241. The Morgan fingerprint density at radius 3 is 2.70 bits per heavy atom. The number of carbonyl (C=O) groups excluding carboxylic acids is 1. The molecule has 3 aromatic rings. The summed E-state index contributed by atoms with van der Waals surface area (Å²) >= 11 is 0. The predicted octanol–water partition coefficient (Wildman–Crippen LogP) is 3.34. The molecule has 1 amide bonds. The van der Waals surface area contributed by atoms with Gasteiger partial charge in [-0.15, -0.1) is 0 Å². The number of rotatable bonds is 8. The van der Waals surface area contributed by atoms with Crippen LogP contribution in [0.4, 0.5) is 21.7 Å². The Bertz CT molecular complexity index is 1270. The van der Waals surface area contributed by atoms with Gasteiger partial charge in [0.1, 0.15) is 5.82 Å². The zero-order valence-corrected chi connectivity index (χ0v) is 21.3. The lowest BCUT2D eigenvalue weighted by atomic mass is 9.91. The van der Waals surface area contributed by atoms with Crippen molar-refractivity contribution in [1.82, 2.24) is 14.5 Å². The predicted molar refractivity (Wildman–Crippen MR) is 144 cm³/mol. The fourth-order valence-corrected chi connectivity index (χ4v) is 5.32. The number of benzene rings is 1. The van der Waals surface area contributed by atoms with Crippen molar-refractivity contribution in [2.75, 3.05) is 43.5 Å². The topological polar surface area (TPSA) is 123 Å². The number of hydrogen-bond donors (Lipinski definition) is 4. The summed E-state index contributed by atoms with van der Waals surface area (Å²) in [5.74, 6) is -1.09. The molecule has 198 valence electrons. The maximum Gasteiger partial charge on any atom is 0.252 e. The summed E-state index contributed by atoms with van der Waals surface area (Å²) < 4.78 is 22.6. The summed E-state index contributed by atoms with van der Waals surface area (Å²) in [6, 6.07) is 7.18. The van der Waals surface area contributed by atoms with Gasteiger partial charge in [-0.3, -0.25) is 9.69 Å². The zero-order chi connectivity index (χ0) is 25.9. The standard InChI is InChI=1S/C27H36FN7O2/c1-17-14-23(18-6-7-35(24(18)15-17)9-8-34-10-12-37-13-11-34)32-26-19(25(30)36)16-20(28)27(33-26)31-22-5-3-2-4-21(22)29/h6-7,14-16,21-22H,2-5,8-13,29H2,1H3,(H2,30,36)(H2,31,32,33)/t21-,22+/m0/s1. The molecule has 0 spiro atoms. The van der Waals surface area contributed by atoms with Crippen LogP contribution in [0.2, 0.25) is 0 Å². The van der Waals surface area contributed by atoms with Crippen molar-refractivity contribution in [3.63, 3.8) is 0 Å². The van der Waals surface area contributed by atoms with Crippen LogP contribution in [-0.4, -0.2) is 65.3 Å². The SMILES string of the molecule is Cc1cc(Nc2nc(N[C@@H]3CCCC[C@@H]3N)c(F)cc2C(N)=O)c2ccn(CCN3CCOCC3)c2c1. The Labute approximate surface area is 216 Å². The van der Waals surface area contributed by atoms with Crippen molar-refractivity contribution < 1.29 is 13.9 Å². The second-order valence-corrected chi connectivity index (χ2v) is 10.1. The molecule has 0 radical (unpaired) electrons. The van der Waals surface area contributed by atoms with Crippen molar-refractivity contribution in [2.45, 2.75) is 51.2 Å². The van der Waals surface area contributed by atoms with E-state index in [9.17, 15) is 9.18 Å². The summed E-state index contributed by atoms with van der Waals surface area (Å²) in [4.78, 5) is 19.1. The van der Waals surface area contributed by atoms with Crippen LogP contribution in [0.25, 0.3) is 10.9 Å². The van der Waals surface area contributed by atoms with Crippen LogP contribution in [0.3, 0.4) is 0 Å². The molecule has 1 aromatic carbocycles. The lowest BCUT2D eigenvalue weighted by Gasteiger charge is -2.30. The first-order valence-electron chi connectivity index (χ1n) is 13.1. The molecule has 9 nitrogen and oxygen atoms in total. The minimum Gasteiger partial charge on any atom is -0.379 e. The van der Waals surface area contributed by atoms with Gasteiger partial charge in [0, 0.05) is 55.5 Å². The molecule has 6 N–H and O–H groups in total. The van der Waals surface area contributed by atoms with Crippen LogP contribution in [0.15, 0.2) is 30.5 Å². The van der Waals surface area contributed by atoms with Gasteiger partial charge in [0.2, 0.25) is 0 Å². The van der Waals surface area contributed by atoms with Crippen LogP contribution in [0, 0.1) is 12.7 Å². The van der Waals surface area contributed by atoms with Crippen molar-refractivity contribution in [1.29, 1.82) is 0 Å². The summed E-state index contributed by atoms with van der Waals surface area (Å²) in [5.41, 5.74) is 14.8. The van der Waals surface area contributed by atoms with Gasteiger partial charge >= 0.3 is 0 Å². The normalized spacial score (nSPS) is 20.7. The van der Waals surface area contributed by atoms with Crippen molar-refractivity contribution in [3.8, 4) is 0 Å². The first kappa shape index (κ1) is 25.4. The number of fused-ring (bicyclic) bond motifs is 1. The van der Waals surface area contributed by atoms with Crippen LogP contribution in [0.1, 0.15) is 41.6 Å². The van der Waals surface area contributed by atoms with E-state index in [1.165, 1.54) is 0 Å². The van der Waals surface area contributed by atoms with Crippen LogP contribution in [-0.2, 0) is 11.3 Å². The van der Waals surface area contributed by atoms with Gasteiger partial charge < -0.3 is 31.4 Å². The second-order valence-electron chi connectivity index (χ2n) is 10.1. The highest BCUT2D eigenvalue weighted by Gasteiger charge is 2.25. The molecule has 37 heavy (non-hydrogen) atoms. The summed E-state index contributed by atoms with van der Waals surface area (Å²) in [6.45, 7) is 7.25. The molecule has 10 heteroatoms. The van der Waals surface area contributed by atoms with Gasteiger partial charge in [-0.2, -0.15) is 0 Å². The molecular weight excluding hydrogens is 473 g/mol. The van der Waals surface area contributed by atoms with E-state index in [2.05, 4.69) is 37.3 Å². The number of primary amides is 1. The smallest absolute Gasteiger partial charge is 0.252 e. The van der Waals surface area contributed by atoms with Crippen molar-refractivity contribution in [3.05, 3.63) is 47.4 Å². The van der Waals surface area contributed by atoms with Gasteiger partial charge in [-0.05, 0) is 49.6 Å². The number of anilines is 3. The molecule has 1 aliphatic carbocycles. The number of ether oxygens (including phenoxy) is 1.